The summed E-state index contributed by atoms with van der Waals surface area (Å²) in [6.07, 6.45) is 2.31. The van der Waals surface area contributed by atoms with Crippen molar-refractivity contribution in [2.24, 2.45) is 28.1 Å². The van der Waals surface area contributed by atoms with Gasteiger partial charge in [0.15, 0.2) is 5.96 Å². The standard InChI is InChI=1S/C25H38N8O5/c1-13(2)20(26)23(36)32-18(9-6-10-29-25(27)28)22(35)31-14(3)21(34)33-19(24(37)38)11-15-12-30-17-8-5-4-7-16(15)17/h4-5,7-8,12-14,18-20,30H,6,9-11,26H2,1-3H3,(H,31,35)(H,32,36)(H,33,34)(H,37,38)(H4,27,28,29). The van der Waals surface area contributed by atoms with E-state index < -0.39 is 47.9 Å². The van der Waals surface area contributed by atoms with Gasteiger partial charge in [-0.1, -0.05) is 32.0 Å². The molecule has 0 bridgehead atoms. The number of nitrogens with zero attached hydrogens (tertiary/aromatic N) is 1. The third kappa shape index (κ3) is 8.76. The van der Waals surface area contributed by atoms with Crippen LogP contribution in [-0.2, 0) is 25.6 Å². The minimum atomic E-state index is -1.22. The summed E-state index contributed by atoms with van der Waals surface area (Å²) in [4.78, 5) is 57.1. The van der Waals surface area contributed by atoms with Crippen molar-refractivity contribution < 1.29 is 24.3 Å². The fourth-order valence-corrected chi connectivity index (χ4v) is 3.74. The van der Waals surface area contributed by atoms with E-state index in [9.17, 15) is 24.3 Å². The highest BCUT2D eigenvalue weighted by molar-refractivity contribution is 5.94. The zero-order valence-electron chi connectivity index (χ0n) is 21.9. The van der Waals surface area contributed by atoms with Crippen LogP contribution >= 0.6 is 0 Å². The number of carbonyl (C=O) groups is 4. The molecule has 1 heterocycles. The highest BCUT2D eigenvalue weighted by Gasteiger charge is 2.29. The van der Waals surface area contributed by atoms with E-state index in [1.165, 1.54) is 6.92 Å². The van der Waals surface area contributed by atoms with Gasteiger partial charge in [0.1, 0.15) is 18.1 Å². The number of hydrogen-bond donors (Lipinski definition) is 8. The SMILES string of the molecule is CC(NC(=O)C(CCCN=C(N)N)NC(=O)C(N)C(C)C)C(=O)NC(Cc1c[nH]c2ccccc12)C(=O)O. The van der Waals surface area contributed by atoms with E-state index in [2.05, 4.69) is 25.9 Å². The molecule has 13 heteroatoms. The first-order valence-corrected chi connectivity index (χ1v) is 12.4. The van der Waals surface area contributed by atoms with Crippen LogP contribution in [-0.4, -0.2) is 70.5 Å². The number of guanidine groups is 1. The Labute approximate surface area is 221 Å². The van der Waals surface area contributed by atoms with Gasteiger partial charge in [-0.05, 0) is 37.3 Å². The number of benzene rings is 1. The lowest BCUT2D eigenvalue weighted by molar-refractivity contribution is -0.142. The van der Waals surface area contributed by atoms with Gasteiger partial charge in [-0.2, -0.15) is 0 Å². The Balaban J connectivity index is 2.05. The van der Waals surface area contributed by atoms with Gasteiger partial charge >= 0.3 is 5.97 Å². The second-order valence-corrected chi connectivity index (χ2v) is 9.47. The van der Waals surface area contributed by atoms with Crippen molar-refractivity contribution in [2.75, 3.05) is 6.54 Å². The number of para-hydroxylation sites is 1. The molecule has 0 fully saturated rings. The number of carboxylic acid groups (broad SMARTS) is 1. The number of nitrogens with one attached hydrogen (secondary N) is 4. The molecule has 0 aliphatic rings. The number of aromatic amines is 1. The summed E-state index contributed by atoms with van der Waals surface area (Å²) in [6.45, 7) is 5.22. The van der Waals surface area contributed by atoms with Crippen LogP contribution in [0.2, 0.25) is 0 Å². The number of aliphatic carboxylic acids is 1. The van der Waals surface area contributed by atoms with Crippen LogP contribution < -0.4 is 33.2 Å². The molecule has 11 N–H and O–H groups in total. The number of aliphatic imine (C=N–C) groups is 1. The average Bonchev–Trinajstić information content (AvgIpc) is 3.27. The van der Waals surface area contributed by atoms with Crippen LogP contribution in [0, 0.1) is 5.92 Å². The molecule has 2 aromatic rings. The average molecular weight is 531 g/mol. The monoisotopic (exact) mass is 530 g/mol. The molecule has 0 saturated carbocycles. The molecule has 208 valence electrons. The Hall–Kier alpha value is -4.13. The van der Waals surface area contributed by atoms with Gasteiger partial charge in [0, 0.05) is 30.1 Å². The number of nitrogens with two attached hydrogens (primary N) is 3. The Morgan fingerprint density at radius 2 is 1.63 bits per heavy atom. The van der Waals surface area contributed by atoms with E-state index in [1.807, 2.05) is 24.3 Å². The summed E-state index contributed by atoms with van der Waals surface area (Å²) in [5.74, 6) is -3.28. The Kier molecular flexibility index (Phi) is 11.1. The predicted octanol–water partition coefficient (Wildman–Crippen LogP) is -0.694. The molecular formula is C25H38N8O5. The van der Waals surface area contributed by atoms with Crippen LogP contribution in [0.4, 0.5) is 0 Å². The molecule has 0 radical (unpaired) electrons. The first-order valence-electron chi connectivity index (χ1n) is 12.4. The van der Waals surface area contributed by atoms with E-state index in [1.54, 1.807) is 20.0 Å². The molecule has 0 saturated heterocycles. The van der Waals surface area contributed by atoms with E-state index in [0.29, 0.717) is 6.42 Å². The smallest absolute Gasteiger partial charge is 0.326 e. The fraction of sp³-hybridized carbons (Fsp3) is 0.480. The number of hydrogen-bond acceptors (Lipinski definition) is 6. The van der Waals surface area contributed by atoms with Gasteiger partial charge in [-0.3, -0.25) is 19.4 Å². The lowest BCUT2D eigenvalue weighted by Crippen LogP contribution is -2.57. The number of H-pyrrole nitrogens is 1. The maximum atomic E-state index is 13.0. The van der Waals surface area contributed by atoms with Crippen molar-refractivity contribution >= 4 is 40.6 Å². The molecule has 0 spiro atoms. The molecule has 3 amide bonds. The van der Waals surface area contributed by atoms with E-state index in [-0.39, 0.29) is 31.3 Å². The van der Waals surface area contributed by atoms with Gasteiger partial charge in [-0.25, -0.2) is 4.79 Å². The van der Waals surface area contributed by atoms with E-state index in [4.69, 9.17) is 17.2 Å². The molecule has 38 heavy (non-hydrogen) atoms. The molecule has 1 aromatic carbocycles. The lowest BCUT2D eigenvalue weighted by atomic mass is 10.0. The minimum Gasteiger partial charge on any atom is -0.480 e. The van der Waals surface area contributed by atoms with Crippen molar-refractivity contribution in [1.82, 2.24) is 20.9 Å². The summed E-state index contributed by atoms with van der Waals surface area (Å²) in [5.41, 5.74) is 18.1. The molecule has 13 nitrogen and oxygen atoms in total. The number of amides is 3. The van der Waals surface area contributed by atoms with Crippen molar-refractivity contribution in [2.45, 2.75) is 64.2 Å². The summed E-state index contributed by atoms with van der Waals surface area (Å²) in [5, 5.41) is 18.2. The number of aromatic nitrogens is 1. The molecular weight excluding hydrogens is 492 g/mol. The van der Waals surface area contributed by atoms with Crippen molar-refractivity contribution in [3.63, 3.8) is 0 Å². The van der Waals surface area contributed by atoms with Crippen molar-refractivity contribution in [3.05, 3.63) is 36.0 Å². The summed E-state index contributed by atoms with van der Waals surface area (Å²) < 4.78 is 0. The second-order valence-electron chi connectivity index (χ2n) is 9.47. The first-order chi connectivity index (χ1) is 17.9. The van der Waals surface area contributed by atoms with Gasteiger partial charge in [-0.15, -0.1) is 0 Å². The van der Waals surface area contributed by atoms with Crippen molar-refractivity contribution in [1.29, 1.82) is 0 Å². The third-order valence-corrected chi connectivity index (χ3v) is 6.06. The number of fused-ring (bicyclic) bond motifs is 1. The molecule has 0 aliphatic carbocycles. The zero-order chi connectivity index (χ0) is 28.4. The van der Waals surface area contributed by atoms with Gasteiger partial charge in [0.2, 0.25) is 17.7 Å². The van der Waals surface area contributed by atoms with Crippen LogP contribution in [0.15, 0.2) is 35.5 Å². The molecule has 0 aliphatic heterocycles. The van der Waals surface area contributed by atoms with Crippen LogP contribution in [0.1, 0.15) is 39.2 Å². The Morgan fingerprint density at radius 1 is 0.974 bits per heavy atom. The molecule has 1 aromatic heterocycles. The van der Waals surface area contributed by atoms with Crippen LogP contribution in [0.3, 0.4) is 0 Å². The summed E-state index contributed by atoms with van der Waals surface area (Å²) in [6, 6.07) is 3.29. The predicted molar refractivity (Wildman–Crippen MR) is 144 cm³/mol. The Bertz CT molecular complexity index is 1160. The number of rotatable bonds is 14. The summed E-state index contributed by atoms with van der Waals surface area (Å²) >= 11 is 0. The van der Waals surface area contributed by atoms with Crippen LogP contribution in [0.5, 0.6) is 0 Å². The topological polar surface area (TPSA) is 231 Å². The zero-order valence-corrected chi connectivity index (χ0v) is 21.9. The number of carboxylic acids is 1. The first kappa shape index (κ1) is 30.1. The molecule has 4 unspecified atom stereocenters. The maximum absolute atomic E-state index is 13.0. The van der Waals surface area contributed by atoms with Gasteiger partial charge in [0.05, 0.1) is 6.04 Å². The minimum absolute atomic E-state index is 0.0440. The largest absolute Gasteiger partial charge is 0.480 e. The molecule has 4 atom stereocenters. The molecule has 2 rings (SSSR count). The highest BCUT2D eigenvalue weighted by Crippen LogP contribution is 2.19. The fourth-order valence-electron chi connectivity index (χ4n) is 3.74. The Morgan fingerprint density at radius 3 is 2.26 bits per heavy atom. The second kappa shape index (κ2) is 14.0. The highest BCUT2D eigenvalue weighted by atomic mass is 16.4. The quantitative estimate of drug-likeness (QED) is 0.0882. The summed E-state index contributed by atoms with van der Waals surface area (Å²) in [7, 11) is 0. The van der Waals surface area contributed by atoms with Crippen molar-refractivity contribution in [3.8, 4) is 0 Å². The maximum Gasteiger partial charge on any atom is 0.326 e. The number of carbonyl (C=O) groups excluding carboxylic acids is 3. The van der Waals surface area contributed by atoms with E-state index in [0.717, 1.165) is 16.5 Å². The lowest BCUT2D eigenvalue weighted by Gasteiger charge is -2.24. The van der Waals surface area contributed by atoms with Gasteiger partial charge in [0.25, 0.3) is 0 Å². The van der Waals surface area contributed by atoms with Crippen LogP contribution in [0.25, 0.3) is 10.9 Å². The normalized spacial score (nSPS) is 14.2. The van der Waals surface area contributed by atoms with Gasteiger partial charge < -0.3 is 43.2 Å². The third-order valence-electron chi connectivity index (χ3n) is 6.06. The van der Waals surface area contributed by atoms with E-state index >= 15 is 0 Å².